The fraction of sp³-hybridized carbons (Fsp3) is 0.700. The highest BCUT2D eigenvalue weighted by molar-refractivity contribution is 7.89. The van der Waals surface area contributed by atoms with Gasteiger partial charge < -0.3 is 9.64 Å². The van der Waals surface area contributed by atoms with Crippen molar-refractivity contribution < 1.29 is 13.2 Å². The molecule has 3 rings (SSSR count). The van der Waals surface area contributed by atoms with Gasteiger partial charge in [0, 0.05) is 19.1 Å². The van der Waals surface area contributed by atoms with Crippen LogP contribution in [0, 0.1) is 0 Å². The van der Waals surface area contributed by atoms with Crippen LogP contribution < -0.4 is 0 Å². The van der Waals surface area contributed by atoms with Gasteiger partial charge in [-0.2, -0.15) is 4.31 Å². The van der Waals surface area contributed by atoms with Gasteiger partial charge in [-0.25, -0.2) is 8.42 Å². The molecular formula is C20H32N2O3S. The number of likely N-dealkylation sites (N-methyl/N-ethyl adjacent to an activating group) is 1. The first-order chi connectivity index (χ1) is 12.3. The van der Waals surface area contributed by atoms with E-state index in [9.17, 15) is 8.42 Å². The van der Waals surface area contributed by atoms with Crippen LogP contribution in [0.2, 0.25) is 0 Å². The number of piperidine rings is 1. The highest BCUT2D eigenvalue weighted by Crippen LogP contribution is 2.38. The standard InChI is InChI=1S/C20H32N2O3S/c1-5-21(4)18-14-20(25-15-18)10-12-22(13-11-20)26(23,24)19-8-6-17(7-9-19)16(2)3/h6-9,16,18H,5,10-15H2,1-4H3. The van der Waals surface area contributed by atoms with Crippen molar-refractivity contribution in [2.45, 2.75) is 62.5 Å². The molecule has 146 valence electrons. The molecule has 26 heavy (non-hydrogen) atoms. The fourth-order valence-corrected chi connectivity index (χ4v) is 5.46. The van der Waals surface area contributed by atoms with Crippen LogP contribution in [0.1, 0.15) is 51.5 Å². The molecule has 1 spiro atoms. The Morgan fingerprint density at radius 3 is 2.38 bits per heavy atom. The molecule has 0 saturated carbocycles. The van der Waals surface area contributed by atoms with Crippen molar-refractivity contribution in [1.82, 2.24) is 9.21 Å². The average molecular weight is 381 g/mol. The van der Waals surface area contributed by atoms with E-state index in [1.807, 2.05) is 12.1 Å². The maximum absolute atomic E-state index is 13.0. The predicted octanol–water partition coefficient (Wildman–Crippen LogP) is 3.07. The summed E-state index contributed by atoms with van der Waals surface area (Å²) in [5, 5.41) is 0. The van der Waals surface area contributed by atoms with E-state index in [1.54, 1.807) is 16.4 Å². The Morgan fingerprint density at radius 1 is 1.23 bits per heavy atom. The third-order valence-corrected chi connectivity index (χ3v) is 8.04. The van der Waals surface area contributed by atoms with Crippen molar-refractivity contribution in [1.29, 1.82) is 0 Å². The van der Waals surface area contributed by atoms with E-state index in [1.165, 1.54) is 0 Å². The number of rotatable bonds is 5. The van der Waals surface area contributed by atoms with E-state index in [0.29, 0.717) is 29.9 Å². The minimum atomic E-state index is -3.42. The topological polar surface area (TPSA) is 49.9 Å². The van der Waals surface area contributed by atoms with Crippen molar-refractivity contribution in [3.8, 4) is 0 Å². The average Bonchev–Trinajstić information content (AvgIpc) is 3.05. The van der Waals surface area contributed by atoms with Crippen molar-refractivity contribution in [2.24, 2.45) is 0 Å². The van der Waals surface area contributed by atoms with E-state index < -0.39 is 10.0 Å². The number of benzene rings is 1. The Kier molecular flexibility index (Phi) is 5.78. The summed E-state index contributed by atoms with van der Waals surface area (Å²) < 4.78 is 33.7. The van der Waals surface area contributed by atoms with E-state index in [2.05, 4.69) is 32.7 Å². The van der Waals surface area contributed by atoms with Gasteiger partial charge in [0.05, 0.1) is 17.1 Å². The van der Waals surface area contributed by atoms with Crippen molar-refractivity contribution in [3.63, 3.8) is 0 Å². The molecule has 1 unspecified atom stereocenters. The maximum Gasteiger partial charge on any atom is 0.243 e. The van der Waals surface area contributed by atoms with Crippen LogP contribution in [-0.2, 0) is 14.8 Å². The summed E-state index contributed by atoms with van der Waals surface area (Å²) in [5.74, 6) is 0.398. The molecule has 5 nitrogen and oxygen atoms in total. The van der Waals surface area contributed by atoms with Crippen LogP contribution in [0.15, 0.2) is 29.2 Å². The highest BCUT2D eigenvalue weighted by atomic mass is 32.2. The fourth-order valence-electron chi connectivity index (χ4n) is 4.02. The van der Waals surface area contributed by atoms with Crippen LogP contribution in [0.5, 0.6) is 0 Å². The summed E-state index contributed by atoms with van der Waals surface area (Å²) in [7, 11) is -1.29. The highest BCUT2D eigenvalue weighted by Gasteiger charge is 2.45. The first-order valence-corrected chi connectivity index (χ1v) is 11.2. The van der Waals surface area contributed by atoms with E-state index in [-0.39, 0.29) is 5.60 Å². The molecule has 1 aromatic carbocycles. The SMILES string of the molecule is CCN(C)C1COC2(CCN(S(=O)(=O)c3ccc(C(C)C)cc3)CC2)C1. The summed E-state index contributed by atoms with van der Waals surface area (Å²) in [6.45, 7) is 9.22. The Balaban J connectivity index is 1.66. The molecule has 1 atom stereocenters. The van der Waals surface area contributed by atoms with Crippen molar-refractivity contribution >= 4 is 10.0 Å². The van der Waals surface area contributed by atoms with Crippen molar-refractivity contribution in [3.05, 3.63) is 29.8 Å². The smallest absolute Gasteiger partial charge is 0.243 e. The Hall–Kier alpha value is -0.950. The number of hydrogen-bond donors (Lipinski definition) is 0. The molecule has 0 bridgehead atoms. The number of ether oxygens (including phenoxy) is 1. The van der Waals surface area contributed by atoms with Gasteiger partial charge in [0.25, 0.3) is 0 Å². The normalized spacial score (nSPS) is 24.0. The van der Waals surface area contributed by atoms with Crippen LogP contribution in [0.3, 0.4) is 0 Å². The lowest BCUT2D eigenvalue weighted by molar-refractivity contribution is -0.0316. The van der Waals surface area contributed by atoms with Crippen LogP contribution in [-0.4, -0.2) is 62.6 Å². The van der Waals surface area contributed by atoms with Crippen LogP contribution >= 0.6 is 0 Å². The second-order valence-corrected chi connectivity index (χ2v) is 9.99. The second-order valence-electron chi connectivity index (χ2n) is 8.05. The van der Waals surface area contributed by atoms with Crippen LogP contribution in [0.4, 0.5) is 0 Å². The van der Waals surface area contributed by atoms with Gasteiger partial charge in [0.1, 0.15) is 0 Å². The molecular weight excluding hydrogens is 348 g/mol. The van der Waals surface area contributed by atoms with Gasteiger partial charge in [-0.1, -0.05) is 32.9 Å². The molecule has 0 aliphatic carbocycles. The van der Waals surface area contributed by atoms with E-state index in [4.69, 9.17) is 4.74 Å². The summed E-state index contributed by atoms with van der Waals surface area (Å²) in [5.41, 5.74) is 1.02. The Labute approximate surface area is 158 Å². The van der Waals surface area contributed by atoms with E-state index in [0.717, 1.165) is 38.0 Å². The molecule has 2 aliphatic rings. The zero-order valence-corrected chi connectivity index (χ0v) is 17.3. The van der Waals surface area contributed by atoms with Crippen molar-refractivity contribution in [2.75, 3.05) is 33.3 Å². The van der Waals surface area contributed by atoms with Crippen LogP contribution in [0.25, 0.3) is 0 Å². The minimum absolute atomic E-state index is 0.137. The van der Waals surface area contributed by atoms with Gasteiger partial charge in [0.2, 0.25) is 10.0 Å². The minimum Gasteiger partial charge on any atom is -0.373 e. The quantitative estimate of drug-likeness (QED) is 0.788. The summed E-state index contributed by atoms with van der Waals surface area (Å²) in [6, 6.07) is 7.79. The molecule has 0 amide bonds. The second kappa shape index (κ2) is 7.58. The van der Waals surface area contributed by atoms with Gasteiger partial charge in [0.15, 0.2) is 0 Å². The number of sulfonamides is 1. The summed E-state index contributed by atoms with van der Waals surface area (Å²) >= 11 is 0. The summed E-state index contributed by atoms with van der Waals surface area (Å²) in [4.78, 5) is 2.72. The van der Waals surface area contributed by atoms with E-state index >= 15 is 0 Å². The molecule has 1 aromatic rings. The largest absolute Gasteiger partial charge is 0.373 e. The molecule has 0 radical (unpaired) electrons. The maximum atomic E-state index is 13.0. The number of hydrogen-bond acceptors (Lipinski definition) is 4. The zero-order valence-electron chi connectivity index (χ0n) is 16.4. The van der Waals surface area contributed by atoms with Gasteiger partial charge in [-0.15, -0.1) is 0 Å². The molecule has 2 aliphatic heterocycles. The summed E-state index contributed by atoms with van der Waals surface area (Å²) in [6.07, 6.45) is 2.57. The number of nitrogens with zero attached hydrogens (tertiary/aromatic N) is 2. The molecule has 0 aromatic heterocycles. The first kappa shape index (κ1) is 19.8. The first-order valence-electron chi connectivity index (χ1n) is 9.72. The monoisotopic (exact) mass is 380 g/mol. The molecule has 2 saturated heterocycles. The lowest BCUT2D eigenvalue weighted by atomic mass is 9.88. The van der Waals surface area contributed by atoms with Gasteiger partial charge >= 0.3 is 0 Å². The lowest BCUT2D eigenvalue weighted by Crippen LogP contribution is -2.46. The lowest BCUT2D eigenvalue weighted by Gasteiger charge is -2.38. The molecule has 0 N–H and O–H groups in total. The van der Waals surface area contributed by atoms with Gasteiger partial charge in [-0.05, 0) is 56.5 Å². The zero-order chi connectivity index (χ0) is 18.9. The Morgan fingerprint density at radius 2 is 1.85 bits per heavy atom. The van der Waals surface area contributed by atoms with Gasteiger partial charge in [-0.3, -0.25) is 0 Å². The molecule has 2 fully saturated rings. The molecule has 2 heterocycles. The Bertz CT molecular complexity index is 707. The third kappa shape index (κ3) is 3.84. The predicted molar refractivity (Wildman–Crippen MR) is 104 cm³/mol. The third-order valence-electron chi connectivity index (χ3n) is 6.13. The molecule has 6 heteroatoms.